The number of benzene rings is 2. The van der Waals surface area contributed by atoms with E-state index in [-0.39, 0.29) is 17.3 Å². The molecule has 1 fully saturated rings. The van der Waals surface area contributed by atoms with Crippen molar-refractivity contribution in [2.45, 2.75) is 20.0 Å². The molecule has 3 unspecified atom stereocenters. The highest BCUT2D eigenvalue weighted by Gasteiger charge is 2.62. The molecule has 26 heavy (non-hydrogen) atoms. The number of nitrogens with zero attached hydrogens (tertiary/aromatic N) is 1. The predicted octanol–water partition coefficient (Wildman–Crippen LogP) is 4.51. The third-order valence-electron chi connectivity index (χ3n) is 4.84. The molecule has 3 atom stereocenters. The minimum Gasteiger partial charge on any atom is -0.457 e. The topological polar surface area (TPSA) is 83.2 Å². The van der Waals surface area contributed by atoms with Crippen LogP contribution in [0, 0.1) is 34.0 Å². The second-order valence-corrected chi connectivity index (χ2v) is 6.93. The highest BCUT2D eigenvalue weighted by atomic mass is 16.5. The van der Waals surface area contributed by atoms with Gasteiger partial charge in [-0.3, -0.25) is 4.79 Å². The summed E-state index contributed by atoms with van der Waals surface area (Å²) in [6.45, 7) is 3.84. The van der Waals surface area contributed by atoms with E-state index in [9.17, 15) is 10.1 Å². The van der Waals surface area contributed by atoms with Gasteiger partial charge >= 0.3 is 5.97 Å². The number of nitriles is 1. The summed E-state index contributed by atoms with van der Waals surface area (Å²) in [4.78, 5) is 12.4. The van der Waals surface area contributed by atoms with Gasteiger partial charge in [0.2, 0.25) is 6.10 Å². The van der Waals surface area contributed by atoms with Crippen molar-refractivity contribution in [1.82, 2.24) is 0 Å². The van der Waals surface area contributed by atoms with Crippen molar-refractivity contribution in [2.24, 2.45) is 17.3 Å². The maximum Gasteiger partial charge on any atom is 0.311 e. The number of para-hydroxylation sites is 1. The number of nitrogens with one attached hydrogen (secondary N) is 1. The van der Waals surface area contributed by atoms with Crippen LogP contribution in [0.25, 0.3) is 0 Å². The Hall–Kier alpha value is -3.13. The molecular weight excluding hydrogens is 328 g/mol. The van der Waals surface area contributed by atoms with Gasteiger partial charge < -0.3 is 14.9 Å². The van der Waals surface area contributed by atoms with Crippen LogP contribution in [0.15, 0.2) is 54.6 Å². The summed E-state index contributed by atoms with van der Waals surface area (Å²) in [5.74, 6) is 0.295. The molecule has 5 heteroatoms. The second kappa shape index (κ2) is 7.01. The van der Waals surface area contributed by atoms with Gasteiger partial charge in [-0.25, -0.2) is 0 Å². The molecule has 0 amide bonds. The summed E-state index contributed by atoms with van der Waals surface area (Å²) in [5, 5.41) is 16.9. The fraction of sp³-hybridized carbons (Fsp3) is 0.286. The lowest BCUT2D eigenvalue weighted by Gasteiger charge is -2.13. The van der Waals surface area contributed by atoms with Crippen molar-refractivity contribution in [3.05, 3.63) is 60.2 Å². The van der Waals surface area contributed by atoms with Gasteiger partial charge in [-0.15, -0.1) is 0 Å². The zero-order chi connectivity index (χ0) is 18.7. The molecule has 1 N–H and O–H groups in total. The third kappa shape index (κ3) is 3.45. The largest absolute Gasteiger partial charge is 0.457 e. The van der Waals surface area contributed by atoms with E-state index in [0.29, 0.717) is 17.1 Å². The van der Waals surface area contributed by atoms with Crippen LogP contribution in [0.5, 0.6) is 11.5 Å². The van der Waals surface area contributed by atoms with Gasteiger partial charge in [-0.2, -0.15) is 5.26 Å². The Morgan fingerprint density at radius 2 is 1.88 bits per heavy atom. The van der Waals surface area contributed by atoms with E-state index in [1.54, 1.807) is 24.3 Å². The van der Waals surface area contributed by atoms with Crippen LogP contribution in [0.4, 0.5) is 0 Å². The molecule has 0 aromatic heterocycles. The van der Waals surface area contributed by atoms with Crippen molar-refractivity contribution < 1.29 is 14.3 Å². The standard InChI is InChI=1S/C21H20N2O3/c1-21(2)17(12-22)19(21)20(24)26-18(13-23)14-7-6-10-16(11-14)25-15-8-4-3-5-9-15/h3-12,17-19,22H,1-2H3. The molecule has 2 aromatic carbocycles. The van der Waals surface area contributed by atoms with Crippen molar-refractivity contribution >= 4 is 12.2 Å². The maximum absolute atomic E-state index is 12.4. The predicted molar refractivity (Wildman–Crippen MR) is 96.9 cm³/mol. The van der Waals surface area contributed by atoms with E-state index >= 15 is 0 Å². The summed E-state index contributed by atoms with van der Waals surface area (Å²) in [6, 6.07) is 18.3. The molecule has 1 aliphatic carbocycles. The number of carbonyl (C=O) groups excluding carboxylic acids is 1. The monoisotopic (exact) mass is 348 g/mol. The summed E-state index contributed by atoms with van der Waals surface area (Å²) in [5.41, 5.74) is 0.260. The smallest absolute Gasteiger partial charge is 0.311 e. The van der Waals surface area contributed by atoms with E-state index < -0.39 is 12.1 Å². The van der Waals surface area contributed by atoms with E-state index in [0.717, 1.165) is 0 Å². The number of ether oxygens (including phenoxy) is 2. The molecule has 0 radical (unpaired) electrons. The van der Waals surface area contributed by atoms with Gasteiger partial charge in [0.15, 0.2) is 0 Å². The molecule has 5 nitrogen and oxygen atoms in total. The molecule has 0 aliphatic heterocycles. The Morgan fingerprint density at radius 3 is 2.50 bits per heavy atom. The highest BCUT2D eigenvalue weighted by molar-refractivity contribution is 5.85. The Balaban J connectivity index is 1.73. The number of carbonyl (C=O) groups is 1. The van der Waals surface area contributed by atoms with Gasteiger partial charge in [0.05, 0.1) is 5.92 Å². The average Bonchev–Trinajstić information content (AvgIpc) is 3.21. The summed E-state index contributed by atoms with van der Waals surface area (Å²) >= 11 is 0. The fourth-order valence-corrected chi connectivity index (χ4v) is 3.16. The molecule has 2 aromatic rings. The normalized spacial score (nSPS) is 21.1. The van der Waals surface area contributed by atoms with Crippen molar-refractivity contribution in [2.75, 3.05) is 0 Å². The van der Waals surface area contributed by atoms with E-state index in [1.165, 1.54) is 6.21 Å². The van der Waals surface area contributed by atoms with Crippen LogP contribution in [-0.2, 0) is 9.53 Å². The minimum atomic E-state index is -1.01. The first-order valence-electron chi connectivity index (χ1n) is 8.41. The number of esters is 1. The van der Waals surface area contributed by atoms with E-state index in [2.05, 4.69) is 0 Å². The molecule has 0 saturated heterocycles. The average molecular weight is 348 g/mol. The zero-order valence-corrected chi connectivity index (χ0v) is 14.7. The fourth-order valence-electron chi connectivity index (χ4n) is 3.16. The first-order chi connectivity index (χ1) is 12.5. The molecule has 132 valence electrons. The third-order valence-corrected chi connectivity index (χ3v) is 4.84. The Kier molecular flexibility index (Phi) is 4.77. The molecule has 0 bridgehead atoms. The first-order valence-corrected chi connectivity index (χ1v) is 8.41. The molecular formula is C21H20N2O3. The van der Waals surface area contributed by atoms with E-state index in [4.69, 9.17) is 14.9 Å². The van der Waals surface area contributed by atoms with Gasteiger partial charge in [0.1, 0.15) is 17.6 Å². The molecule has 1 saturated carbocycles. The summed E-state index contributed by atoms with van der Waals surface area (Å²) < 4.78 is 11.2. The minimum absolute atomic E-state index is 0.137. The summed E-state index contributed by atoms with van der Waals surface area (Å²) in [7, 11) is 0. The number of rotatable bonds is 6. The van der Waals surface area contributed by atoms with Crippen LogP contribution < -0.4 is 4.74 Å². The van der Waals surface area contributed by atoms with Crippen LogP contribution in [0.2, 0.25) is 0 Å². The molecule has 0 heterocycles. The van der Waals surface area contributed by atoms with Crippen molar-refractivity contribution in [3.63, 3.8) is 0 Å². The summed E-state index contributed by atoms with van der Waals surface area (Å²) in [6.07, 6.45) is 0.270. The lowest BCUT2D eigenvalue weighted by Crippen LogP contribution is -2.14. The highest BCUT2D eigenvalue weighted by Crippen LogP contribution is 2.57. The van der Waals surface area contributed by atoms with Crippen molar-refractivity contribution in [3.8, 4) is 17.6 Å². The van der Waals surface area contributed by atoms with Gasteiger partial charge in [-0.05, 0) is 35.9 Å². The van der Waals surface area contributed by atoms with Gasteiger partial charge in [0.25, 0.3) is 0 Å². The Morgan fingerprint density at radius 1 is 1.19 bits per heavy atom. The Bertz CT molecular complexity index is 855. The lowest BCUT2D eigenvalue weighted by molar-refractivity contribution is -0.149. The van der Waals surface area contributed by atoms with Gasteiger partial charge in [-0.1, -0.05) is 44.2 Å². The molecule has 0 spiro atoms. The lowest BCUT2D eigenvalue weighted by atomic mass is 10.1. The maximum atomic E-state index is 12.4. The SMILES string of the molecule is CC1(C)C(C=N)C1C(=O)OC(C#N)c1cccc(Oc2ccccc2)c1. The van der Waals surface area contributed by atoms with Crippen LogP contribution in [0.3, 0.4) is 0 Å². The quantitative estimate of drug-likeness (QED) is 0.615. The molecule has 1 aliphatic rings. The van der Waals surface area contributed by atoms with E-state index in [1.807, 2.05) is 50.2 Å². The zero-order valence-electron chi connectivity index (χ0n) is 14.7. The molecule has 3 rings (SSSR count). The van der Waals surface area contributed by atoms with Crippen LogP contribution in [0.1, 0.15) is 25.5 Å². The Labute approximate surface area is 152 Å². The number of hydrogen-bond donors (Lipinski definition) is 1. The number of hydrogen-bond acceptors (Lipinski definition) is 5. The van der Waals surface area contributed by atoms with Crippen LogP contribution in [-0.4, -0.2) is 12.2 Å². The second-order valence-electron chi connectivity index (χ2n) is 6.93. The van der Waals surface area contributed by atoms with Crippen LogP contribution >= 0.6 is 0 Å². The van der Waals surface area contributed by atoms with Crippen molar-refractivity contribution in [1.29, 1.82) is 10.7 Å². The van der Waals surface area contributed by atoms with Gasteiger partial charge in [0, 0.05) is 11.5 Å². The first kappa shape index (κ1) is 17.7.